The van der Waals surface area contributed by atoms with Crippen LogP contribution >= 0.6 is 0 Å². The van der Waals surface area contributed by atoms with Crippen molar-refractivity contribution in [2.75, 3.05) is 19.8 Å². The predicted molar refractivity (Wildman–Crippen MR) is 159 cm³/mol. The highest BCUT2D eigenvalue weighted by molar-refractivity contribution is 5.91. The summed E-state index contributed by atoms with van der Waals surface area (Å²) in [5.41, 5.74) is 0. The Morgan fingerprint density at radius 1 is 0.425 bits per heavy atom. The first kappa shape index (κ1) is 39.5. The van der Waals surface area contributed by atoms with Gasteiger partial charge in [-0.1, -0.05) is 117 Å². The molecule has 8 nitrogen and oxygen atoms in total. The molecule has 0 radical (unpaired) electrons. The number of ether oxygens (including phenoxy) is 3. The summed E-state index contributed by atoms with van der Waals surface area (Å²) in [4.78, 5) is 43.9. The van der Waals surface area contributed by atoms with Gasteiger partial charge in [0.1, 0.15) is 0 Å². The van der Waals surface area contributed by atoms with Crippen molar-refractivity contribution in [3.05, 3.63) is 24.3 Å². The van der Waals surface area contributed by atoms with Crippen molar-refractivity contribution >= 4 is 23.9 Å². The first-order valence-electron chi connectivity index (χ1n) is 15.5. The van der Waals surface area contributed by atoms with Crippen LogP contribution in [0.5, 0.6) is 0 Å². The van der Waals surface area contributed by atoms with Crippen LogP contribution in [0.4, 0.5) is 0 Å². The standard InChI is InChI=1S/C20H36O4.C12H20O4/c1-3-5-7-9-11-13-17-23-19(21)15-16-20(22)24-18-14-12-10-8-6-4-2;1-2-3-4-5-6-7-10-16-12(15)9-8-11(13)14/h15-16H,3-14,17-18H2,1-2H3;8-9H,2-7,10H2,1H3,(H,13,14)/b16-15-;9-8-. The van der Waals surface area contributed by atoms with Crippen molar-refractivity contribution in [1.82, 2.24) is 0 Å². The van der Waals surface area contributed by atoms with E-state index in [4.69, 9.17) is 19.3 Å². The minimum atomic E-state index is -1.14. The molecule has 0 rings (SSSR count). The van der Waals surface area contributed by atoms with Crippen molar-refractivity contribution in [1.29, 1.82) is 0 Å². The average Bonchev–Trinajstić information content (AvgIpc) is 2.94. The number of carbonyl (C=O) groups is 4. The van der Waals surface area contributed by atoms with Gasteiger partial charge in [0.2, 0.25) is 0 Å². The van der Waals surface area contributed by atoms with E-state index < -0.39 is 23.9 Å². The molecule has 0 spiro atoms. The van der Waals surface area contributed by atoms with E-state index in [1.54, 1.807) is 0 Å². The summed E-state index contributed by atoms with van der Waals surface area (Å²) in [6, 6.07) is 0. The third kappa shape index (κ3) is 35.4. The molecule has 0 saturated heterocycles. The first-order chi connectivity index (χ1) is 19.4. The Bertz CT molecular complexity index is 652. The van der Waals surface area contributed by atoms with Gasteiger partial charge < -0.3 is 19.3 Å². The van der Waals surface area contributed by atoms with E-state index >= 15 is 0 Å². The molecule has 0 atom stereocenters. The maximum Gasteiger partial charge on any atom is 0.331 e. The second kappa shape index (κ2) is 32.6. The monoisotopic (exact) mass is 568 g/mol. The van der Waals surface area contributed by atoms with Crippen LogP contribution in [0.25, 0.3) is 0 Å². The minimum Gasteiger partial charge on any atom is -0.478 e. The van der Waals surface area contributed by atoms with Gasteiger partial charge in [0.05, 0.1) is 19.8 Å². The van der Waals surface area contributed by atoms with E-state index in [2.05, 4.69) is 20.8 Å². The highest BCUT2D eigenvalue weighted by Crippen LogP contribution is 2.07. The molecular formula is C32H56O8. The molecule has 0 unspecified atom stereocenters. The quantitative estimate of drug-likeness (QED) is 0.0511. The van der Waals surface area contributed by atoms with Crippen molar-refractivity contribution in [3.63, 3.8) is 0 Å². The van der Waals surface area contributed by atoms with E-state index in [1.807, 2.05) is 0 Å². The zero-order valence-electron chi connectivity index (χ0n) is 25.5. The van der Waals surface area contributed by atoms with Gasteiger partial charge >= 0.3 is 23.9 Å². The van der Waals surface area contributed by atoms with Gasteiger partial charge in [0.25, 0.3) is 0 Å². The largest absolute Gasteiger partial charge is 0.478 e. The molecule has 1 N–H and O–H groups in total. The third-order valence-corrected chi connectivity index (χ3v) is 5.94. The zero-order chi connectivity index (χ0) is 30.1. The van der Waals surface area contributed by atoms with Gasteiger partial charge in [0, 0.05) is 24.3 Å². The summed E-state index contributed by atoms with van der Waals surface area (Å²) in [6.07, 6.45) is 24.6. The molecule has 0 bridgehead atoms. The van der Waals surface area contributed by atoms with Crippen LogP contribution in [0.2, 0.25) is 0 Å². The molecule has 0 saturated carbocycles. The number of aliphatic carboxylic acids is 1. The molecule has 0 fully saturated rings. The van der Waals surface area contributed by atoms with Crippen molar-refractivity contribution in [2.45, 2.75) is 136 Å². The summed E-state index contributed by atoms with van der Waals surface area (Å²) >= 11 is 0. The molecule has 232 valence electrons. The van der Waals surface area contributed by atoms with Crippen LogP contribution in [-0.4, -0.2) is 48.8 Å². The van der Waals surface area contributed by atoms with Crippen LogP contribution in [0, 0.1) is 0 Å². The highest BCUT2D eigenvalue weighted by atomic mass is 16.5. The van der Waals surface area contributed by atoms with Gasteiger partial charge in [-0.2, -0.15) is 0 Å². The molecule has 0 aromatic carbocycles. The van der Waals surface area contributed by atoms with Gasteiger partial charge in [-0.25, -0.2) is 19.2 Å². The molecule has 8 heteroatoms. The Labute approximate surface area is 242 Å². The van der Waals surface area contributed by atoms with E-state index in [1.165, 1.54) is 70.6 Å². The summed E-state index contributed by atoms with van der Waals surface area (Å²) in [7, 11) is 0. The number of unbranched alkanes of at least 4 members (excludes halogenated alkanes) is 15. The number of carboxylic acid groups (broad SMARTS) is 1. The second-order valence-electron chi connectivity index (χ2n) is 9.81. The summed E-state index contributed by atoms with van der Waals surface area (Å²) in [6.45, 7) is 7.75. The zero-order valence-corrected chi connectivity index (χ0v) is 25.5. The molecule has 0 amide bonds. The van der Waals surface area contributed by atoms with Crippen LogP contribution in [0.15, 0.2) is 24.3 Å². The number of rotatable bonds is 25. The number of esters is 3. The lowest BCUT2D eigenvalue weighted by atomic mass is 10.1. The van der Waals surface area contributed by atoms with Crippen LogP contribution in [-0.2, 0) is 33.4 Å². The lowest BCUT2D eigenvalue weighted by molar-refractivity contribution is -0.140. The van der Waals surface area contributed by atoms with Crippen LogP contribution in [0.3, 0.4) is 0 Å². The van der Waals surface area contributed by atoms with Gasteiger partial charge in [0.15, 0.2) is 0 Å². The number of hydrogen-bond acceptors (Lipinski definition) is 7. The van der Waals surface area contributed by atoms with Gasteiger partial charge in [-0.05, 0) is 19.3 Å². The molecular weight excluding hydrogens is 512 g/mol. The van der Waals surface area contributed by atoms with Gasteiger partial charge in [-0.15, -0.1) is 0 Å². The SMILES string of the molecule is CCCCCCCCOC(=O)/C=C\C(=O)O.CCCCCCCCOC(=O)/C=C\C(=O)OCCCCCCCC. The second-order valence-corrected chi connectivity index (χ2v) is 9.81. The van der Waals surface area contributed by atoms with Crippen LogP contribution < -0.4 is 0 Å². The fourth-order valence-corrected chi connectivity index (χ4v) is 3.59. The number of carboxylic acids is 1. The molecule has 0 aromatic heterocycles. The Hall–Kier alpha value is -2.64. The van der Waals surface area contributed by atoms with Gasteiger partial charge in [-0.3, -0.25) is 0 Å². The number of carbonyl (C=O) groups excluding carboxylic acids is 3. The Morgan fingerprint density at radius 3 is 0.950 bits per heavy atom. The normalized spacial score (nSPS) is 10.8. The molecule has 40 heavy (non-hydrogen) atoms. The van der Waals surface area contributed by atoms with Crippen molar-refractivity contribution in [3.8, 4) is 0 Å². The van der Waals surface area contributed by atoms with Crippen LogP contribution in [0.1, 0.15) is 136 Å². The Kier molecular flexibility index (Phi) is 32.2. The molecule has 0 aliphatic rings. The smallest absolute Gasteiger partial charge is 0.331 e. The summed E-state index contributed by atoms with van der Waals surface area (Å²) in [5, 5.41) is 8.26. The maximum absolute atomic E-state index is 11.4. The molecule has 0 aromatic rings. The third-order valence-electron chi connectivity index (χ3n) is 5.94. The summed E-state index contributed by atoms with van der Waals surface area (Å²) in [5.74, 6) is -2.67. The molecule has 0 aliphatic carbocycles. The lowest BCUT2D eigenvalue weighted by Gasteiger charge is -2.03. The lowest BCUT2D eigenvalue weighted by Crippen LogP contribution is -2.06. The number of hydrogen-bond donors (Lipinski definition) is 1. The molecule has 0 aliphatic heterocycles. The summed E-state index contributed by atoms with van der Waals surface area (Å²) < 4.78 is 14.9. The van der Waals surface area contributed by atoms with Crippen molar-refractivity contribution < 1.29 is 38.5 Å². The maximum atomic E-state index is 11.4. The Morgan fingerprint density at radius 2 is 0.675 bits per heavy atom. The average molecular weight is 569 g/mol. The first-order valence-corrected chi connectivity index (χ1v) is 15.5. The highest BCUT2D eigenvalue weighted by Gasteiger charge is 2.02. The van der Waals surface area contributed by atoms with E-state index in [-0.39, 0.29) is 0 Å². The predicted octanol–water partition coefficient (Wildman–Crippen LogP) is 7.88. The Balaban J connectivity index is 0. The van der Waals surface area contributed by atoms with Crippen molar-refractivity contribution in [2.24, 2.45) is 0 Å². The van der Waals surface area contributed by atoms with E-state index in [9.17, 15) is 19.2 Å². The molecule has 0 heterocycles. The topological polar surface area (TPSA) is 116 Å². The van der Waals surface area contributed by atoms with E-state index in [0.717, 1.165) is 69.2 Å². The minimum absolute atomic E-state index is 0.370. The van der Waals surface area contributed by atoms with E-state index in [0.29, 0.717) is 19.8 Å². The fourth-order valence-electron chi connectivity index (χ4n) is 3.59. The fraction of sp³-hybridized carbons (Fsp3) is 0.750.